The number of aromatic nitrogens is 4. The van der Waals surface area contributed by atoms with Crippen LogP contribution in [0.2, 0.25) is 0 Å². The Morgan fingerprint density at radius 3 is 2.39 bits per heavy atom. The van der Waals surface area contributed by atoms with Crippen molar-refractivity contribution in [2.45, 2.75) is 52.4 Å². The van der Waals surface area contributed by atoms with Gasteiger partial charge in [0.25, 0.3) is 5.91 Å². The molecule has 198 valence electrons. The van der Waals surface area contributed by atoms with E-state index in [0.29, 0.717) is 28.2 Å². The van der Waals surface area contributed by atoms with E-state index in [1.807, 2.05) is 93.8 Å². The molecule has 0 aliphatic rings. The second kappa shape index (κ2) is 12.4. The van der Waals surface area contributed by atoms with Crippen LogP contribution in [0.25, 0.3) is 11.3 Å². The molecule has 38 heavy (non-hydrogen) atoms. The van der Waals surface area contributed by atoms with Gasteiger partial charge in [0.1, 0.15) is 0 Å². The van der Waals surface area contributed by atoms with Crippen molar-refractivity contribution in [1.29, 1.82) is 0 Å². The maximum absolute atomic E-state index is 12.9. The lowest BCUT2D eigenvalue weighted by molar-refractivity contribution is -0.113. The van der Waals surface area contributed by atoms with E-state index < -0.39 is 0 Å². The number of hydrogen-bond donors (Lipinski definition) is 2. The van der Waals surface area contributed by atoms with Crippen LogP contribution >= 0.6 is 23.1 Å². The highest BCUT2D eigenvalue weighted by atomic mass is 32.2. The van der Waals surface area contributed by atoms with Crippen molar-refractivity contribution in [3.63, 3.8) is 0 Å². The normalized spacial score (nSPS) is 11.9. The highest BCUT2D eigenvalue weighted by Gasteiger charge is 2.26. The van der Waals surface area contributed by atoms with Gasteiger partial charge in [-0.15, -0.1) is 21.5 Å². The van der Waals surface area contributed by atoms with Crippen LogP contribution < -0.4 is 10.6 Å². The summed E-state index contributed by atoms with van der Waals surface area (Å²) >= 11 is 2.77. The van der Waals surface area contributed by atoms with Crippen molar-refractivity contribution in [1.82, 2.24) is 25.1 Å². The quantitative estimate of drug-likeness (QED) is 0.239. The van der Waals surface area contributed by atoms with Gasteiger partial charge in [0.05, 0.1) is 17.5 Å². The molecule has 0 saturated heterocycles. The molecule has 1 atom stereocenters. The van der Waals surface area contributed by atoms with Gasteiger partial charge >= 0.3 is 0 Å². The standard InChI is InChI=1S/C28H32N6O2S2/c1-6-34-25(23(17(2)3)30-26(36)21-14-12-18(4)13-15-21)32-33-28(34)37-16-22(35)29-27-31-24(19(5)38-27)20-10-8-7-9-11-20/h7-15,17,23H,6,16H2,1-5H3,(H,30,36)(H,29,31,35)/t23-/m0/s1. The number of carbonyl (C=O) groups is 2. The number of anilines is 1. The van der Waals surface area contributed by atoms with E-state index in [2.05, 4.69) is 25.8 Å². The number of rotatable bonds is 10. The Balaban J connectivity index is 1.42. The van der Waals surface area contributed by atoms with Gasteiger partial charge in [0.2, 0.25) is 5.91 Å². The summed E-state index contributed by atoms with van der Waals surface area (Å²) in [7, 11) is 0. The average Bonchev–Trinajstić information content (AvgIpc) is 3.48. The van der Waals surface area contributed by atoms with Gasteiger partial charge < -0.3 is 15.2 Å². The fourth-order valence-corrected chi connectivity index (χ4v) is 5.65. The van der Waals surface area contributed by atoms with E-state index in [-0.39, 0.29) is 29.5 Å². The van der Waals surface area contributed by atoms with Crippen LogP contribution in [0.1, 0.15) is 53.4 Å². The van der Waals surface area contributed by atoms with Crippen molar-refractivity contribution >= 4 is 40.0 Å². The molecule has 0 fully saturated rings. The molecule has 2 N–H and O–H groups in total. The molecule has 2 aromatic carbocycles. The number of hydrogen-bond acceptors (Lipinski definition) is 7. The lowest BCUT2D eigenvalue weighted by Gasteiger charge is -2.22. The Kier molecular flexibility index (Phi) is 8.96. The molecule has 0 bridgehead atoms. The lowest BCUT2D eigenvalue weighted by Crippen LogP contribution is -2.33. The maximum atomic E-state index is 12.9. The smallest absolute Gasteiger partial charge is 0.251 e. The third kappa shape index (κ3) is 6.49. The van der Waals surface area contributed by atoms with E-state index in [4.69, 9.17) is 0 Å². The first-order chi connectivity index (χ1) is 18.3. The number of benzene rings is 2. The van der Waals surface area contributed by atoms with E-state index in [0.717, 1.165) is 21.7 Å². The summed E-state index contributed by atoms with van der Waals surface area (Å²) in [5, 5.41) is 16.0. The molecule has 4 aromatic rings. The van der Waals surface area contributed by atoms with E-state index >= 15 is 0 Å². The van der Waals surface area contributed by atoms with Crippen molar-refractivity contribution in [3.05, 3.63) is 76.4 Å². The molecule has 0 aliphatic carbocycles. The summed E-state index contributed by atoms with van der Waals surface area (Å²) in [6.07, 6.45) is 0. The third-order valence-electron chi connectivity index (χ3n) is 6.03. The number of nitrogens with zero attached hydrogens (tertiary/aromatic N) is 4. The first kappa shape index (κ1) is 27.5. The van der Waals surface area contributed by atoms with Crippen molar-refractivity contribution in [2.75, 3.05) is 11.1 Å². The monoisotopic (exact) mass is 548 g/mol. The molecular weight excluding hydrogens is 516 g/mol. The SMILES string of the molecule is CCn1c(SCC(=O)Nc2nc(-c3ccccc3)c(C)s2)nnc1[C@@H](NC(=O)c1ccc(C)cc1)C(C)C. The van der Waals surface area contributed by atoms with Crippen molar-refractivity contribution < 1.29 is 9.59 Å². The van der Waals surface area contributed by atoms with Gasteiger partial charge in [-0.2, -0.15) is 0 Å². The lowest BCUT2D eigenvalue weighted by atomic mass is 10.0. The summed E-state index contributed by atoms with van der Waals surface area (Å²) in [6.45, 7) is 10.7. The zero-order valence-electron chi connectivity index (χ0n) is 22.2. The second-order valence-corrected chi connectivity index (χ2v) is 11.4. The van der Waals surface area contributed by atoms with Gasteiger partial charge in [-0.25, -0.2) is 4.98 Å². The zero-order valence-corrected chi connectivity index (χ0v) is 23.8. The predicted octanol–water partition coefficient (Wildman–Crippen LogP) is 5.90. The Morgan fingerprint density at radius 1 is 1.03 bits per heavy atom. The largest absolute Gasteiger partial charge is 0.342 e. The molecule has 0 saturated carbocycles. The second-order valence-electron chi connectivity index (χ2n) is 9.27. The summed E-state index contributed by atoms with van der Waals surface area (Å²) in [5.74, 6) is 0.612. The predicted molar refractivity (Wildman–Crippen MR) is 154 cm³/mol. The molecule has 0 aliphatic heterocycles. The van der Waals surface area contributed by atoms with E-state index in [1.165, 1.54) is 23.1 Å². The van der Waals surface area contributed by atoms with Gasteiger partial charge in [-0.3, -0.25) is 9.59 Å². The molecule has 2 aromatic heterocycles. The van der Waals surface area contributed by atoms with E-state index in [9.17, 15) is 9.59 Å². The highest BCUT2D eigenvalue weighted by molar-refractivity contribution is 7.99. The molecule has 10 heteroatoms. The molecular formula is C28H32N6O2S2. The molecule has 2 amide bonds. The Bertz CT molecular complexity index is 1400. The third-order valence-corrected chi connectivity index (χ3v) is 7.88. The van der Waals surface area contributed by atoms with Crippen LogP contribution in [0.3, 0.4) is 0 Å². The van der Waals surface area contributed by atoms with E-state index in [1.54, 1.807) is 0 Å². The Labute approximate surface area is 231 Å². The average molecular weight is 549 g/mol. The fraction of sp³-hybridized carbons (Fsp3) is 0.321. The molecule has 0 unspecified atom stereocenters. The number of amides is 2. The molecule has 2 heterocycles. The number of aryl methyl sites for hydroxylation is 2. The first-order valence-electron chi connectivity index (χ1n) is 12.5. The van der Waals surface area contributed by atoms with Crippen molar-refractivity contribution in [2.24, 2.45) is 5.92 Å². The number of thioether (sulfide) groups is 1. The molecule has 4 rings (SSSR count). The van der Waals surface area contributed by atoms with Gasteiger partial charge in [-0.1, -0.05) is 73.6 Å². The minimum Gasteiger partial charge on any atom is -0.342 e. The number of thiazole rings is 1. The van der Waals surface area contributed by atoms with Crippen LogP contribution in [-0.2, 0) is 11.3 Å². The minimum atomic E-state index is -0.325. The van der Waals surface area contributed by atoms with Crippen LogP contribution in [-0.4, -0.2) is 37.3 Å². The van der Waals surface area contributed by atoms with Gasteiger partial charge in [0, 0.05) is 22.5 Å². The van der Waals surface area contributed by atoms with Crippen LogP contribution in [0, 0.1) is 19.8 Å². The molecule has 0 spiro atoms. The summed E-state index contributed by atoms with van der Waals surface area (Å²) < 4.78 is 1.96. The minimum absolute atomic E-state index is 0.0898. The topological polar surface area (TPSA) is 102 Å². The van der Waals surface area contributed by atoms with Crippen LogP contribution in [0.15, 0.2) is 59.8 Å². The van der Waals surface area contributed by atoms with Crippen LogP contribution in [0.5, 0.6) is 0 Å². The Morgan fingerprint density at radius 2 is 1.74 bits per heavy atom. The number of nitrogens with one attached hydrogen (secondary N) is 2. The summed E-state index contributed by atoms with van der Waals surface area (Å²) in [6, 6.07) is 17.1. The first-order valence-corrected chi connectivity index (χ1v) is 14.3. The molecule has 0 radical (unpaired) electrons. The van der Waals surface area contributed by atoms with Gasteiger partial charge in [-0.05, 0) is 38.8 Å². The zero-order chi connectivity index (χ0) is 27.2. The summed E-state index contributed by atoms with van der Waals surface area (Å²) in [5.41, 5.74) is 3.60. The fourth-order valence-electron chi connectivity index (χ4n) is 3.99. The van der Waals surface area contributed by atoms with Crippen LogP contribution in [0.4, 0.5) is 5.13 Å². The summed E-state index contributed by atoms with van der Waals surface area (Å²) in [4.78, 5) is 31.3. The van der Waals surface area contributed by atoms with Gasteiger partial charge in [0.15, 0.2) is 16.1 Å². The van der Waals surface area contributed by atoms with Crippen molar-refractivity contribution in [3.8, 4) is 11.3 Å². The Hall–Kier alpha value is -3.50. The maximum Gasteiger partial charge on any atom is 0.251 e. The molecule has 8 nitrogen and oxygen atoms in total. The number of carbonyl (C=O) groups excluding carboxylic acids is 2. The highest BCUT2D eigenvalue weighted by Crippen LogP contribution is 2.31.